The van der Waals surface area contributed by atoms with Crippen molar-refractivity contribution in [1.29, 1.82) is 0 Å². The Morgan fingerprint density at radius 1 is 0.889 bits per heavy atom. The average molecular weight is 622 g/mol. The van der Waals surface area contributed by atoms with Crippen LogP contribution < -0.4 is 15.0 Å². The van der Waals surface area contributed by atoms with Crippen molar-refractivity contribution < 1.29 is 19.3 Å². The molecule has 0 amide bonds. The molecular formula is C36H35N3O5S. The SMILES string of the molecule is COc1ccc(C(OCC(O)CCn2cnc3c(sc4nc(C)cc(C)c43)c2=O)(c2ccccc2)c2ccc(OC)cc2)cc1. The van der Waals surface area contributed by atoms with Crippen LogP contribution in [0.2, 0.25) is 0 Å². The first-order chi connectivity index (χ1) is 21.8. The third-order valence-corrected chi connectivity index (χ3v) is 9.17. The number of pyridine rings is 1. The van der Waals surface area contributed by atoms with Gasteiger partial charge in [0, 0.05) is 17.6 Å². The maximum absolute atomic E-state index is 13.5. The quantitative estimate of drug-likeness (QED) is 0.167. The summed E-state index contributed by atoms with van der Waals surface area (Å²) in [6.07, 6.45) is 0.998. The molecular weight excluding hydrogens is 586 g/mol. The molecule has 0 radical (unpaired) electrons. The summed E-state index contributed by atoms with van der Waals surface area (Å²) < 4.78 is 19.8. The molecule has 3 aromatic heterocycles. The van der Waals surface area contributed by atoms with Crippen LogP contribution in [-0.4, -0.2) is 46.6 Å². The number of methoxy groups -OCH3 is 2. The fourth-order valence-electron chi connectivity index (χ4n) is 5.83. The Bertz CT molecular complexity index is 1940. The Labute approximate surface area is 265 Å². The van der Waals surface area contributed by atoms with Gasteiger partial charge in [0.25, 0.3) is 5.56 Å². The number of rotatable bonds is 11. The minimum atomic E-state index is -1.04. The van der Waals surface area contributed by atoms with Crippen molar-refractivity contribution in [3.63, 3.8) is 0 Å². The van der Waals surface area contributed by atoms with Crippen molar-refractivity contribution in [2.24, 2.45) is 0 Å². The van der Waals surface area contributed by atoms with Crippen molar-refractivity contribution in [2.45, 2.75) is 38.5 Å². The number of aryl methyl sites for hydroxylation is 3. The third-order valence-electron chi connectivity index (χ3n) is 8.11. The molecule has 6 rings (SSSR count). The second-order valence-corrected chi connectivity index (χ2v) is 12.0. The Kier molecular flexibility index (Phi) is 8.67. The molecule has 0 aliphatic carbocycles. The van der Waals surface area contributed by atoms with E-state index in [0.717, 1.165) is 49.7 Å². The molecule has 9 heteroatoms. The van der Waals surface area contributed by atoms with Crippen LogP contribution in [0.5, 0.6) is 11.5 Å². The van der Waals surface area contributed by atoms with E-state index in [1.807, 2.05) is 98.8 Å². The second-order valence-electron chi connectivity index (χ2n) is 11.0. The fraction of sp³-hybridized carbons (Fsp3) is 0.250. The van der Waals surface area contributed by atoms with Gasteiger partial charge in [-0.2, -0.15) is 0 Å². The van der Waals surface area contributed by atoms with Gasteiger partial charge >= 0.3 is 0 Å². The Morgan fingerprint density at radius 3 is 2.09 bits per heavy atom. The summed E-state index contributed by atoms with van der Waals surface area (Å²) in [5.41, 5.74) is 4.12. The van der Waals surface area contributed by atoms with Crippen molar-refractivity contribution in [3.05, 3.63) is 130 Å². The van der Waals surface area contributed by atoms with Gasteiger partial charge in [0.15, 0.2) is 0 Å². The maximum atomic E-state index is 13.5. The Balaban J connectivity index is 1.30. The zero-order valence-corrected chi connectivity index (χ0v) is 26.5. The molecule has 230 valence electrons. The van der Waals surface area contributed by atoms with Crippen molar-refractivity contribution in [2.75, 3.05) is 20.8 Å². The lowest BCUT2D eigenvalue weighted by Gasteiger charge is -2.36. The van der Waals surface area contributed by atoms with Crippen molar-refractivity contribution in [1.82, 2.24) is 14.5 Å². The molecule has 6 aromatic rings. The molecule has 0 fully saturated rings. The molecule has 3 heterocycles. The van der Waals surface area contributed by atoms with E-state index in [1.165, 1.54) is 11.3 Å². The predicted octanol–water partition coefficient (Wildman–Crippen LogP) is 6.40. The highest BCUT2D eigenvalue weighted by atomic mass is 32.1. The molecule has 0 saturated heterocycles. The first-order valence-corrected chi connectivity index (χ1v) is 15.6. The zero-order valence-electron chi connectivity index (χ0n) is 25.7. The third kappa shape index (κ3) is 5.82. The van der Waals surface area contributed by atoms with Gasteiger partial charge in [-0.15, -0.1) is 11.3 Å². The number of aliphatic hydroxyl groups excluding tert-OH is 1. The maximum Gasteiger partial charge on any atom is 0.271 e. The zero-order chi connectivity index (χ0) is 31.6. The van der Waals surface area contributed by atoms with Crippen molar-refractivity contribution in [3.8, 4) is 11.5 Å². The number of nitrogens with zero attached hydrogens (tertiary/aromatic N) is 3. The summed E-state index contributed by atoms with van der Waals surface area (Å²) in [5, 5.41) is 12.2. The van der Waals surface area contributed by atoms with Gasteiger partial charge < -0.3 is 19.3 Å². The van der Waals surface area contributed by atoms with Gasteiger partial charge in [-0.25, -0.2) is 9.97 Å². The van der Waals surface area contributed by atoms with E-state index in [2.05, 4.69) is 9.97 Å². The van der Waals surface area contributed by atoms with Gasteiger partial charge in [0.1, 0.15) is 26.6 Å². The highest BCUT2D eigenvalue weighted by Gasteiger charge is 2.38. The second kappa shape index (κ2) is 12.8. The molecule has 0 aliphatic rings. The predicted molar refractivity (Wildman–Crippen MR) is 178 cm³/mol. The van der Waals surface area contributed by atoms with E-state index in [9.17, 15) is 9.90 Å². The highest BCUT2D eigenvalue weighted by molar-refractivity contribution is 7.25. The monoisotopic (exact) mass is 621 g/mol. The summed E-state index contributed by atoms with van der Waals surface area (Å²) in [4.78, 5) is 23.5. The number of aliphatic hydroxyl groups is 1. The number of hydrogen-bond donors (Lipinski definition) is 1. The normalized spacial score (nSPS) is 12.5. The summed E-state index contributed by atoms with van der Waals surface area (Å²) in [7, 11) is 3.27. The van der Waals surface area contributed by atoms with E-state index in [0.29, 0.717) is 16.6 Å². The van der Waals surface area contributed by atoms with Gasteiger partial charge in [0.2, 0.25) is 0 Å². The van der Waals surface area contributed by atoms with Gasteiger partial charge in [-0.1, -0.05) is 54.6 Å². The highest BCUT2D eigenvalue weighted by Crippen LogP contribution is 2.42. The van der Waals surface area contributed by atoms with Crippen LogP contribution >= 0.6 is 11.3 Å². The molecule has 8 nitrogen and oxygen atoms in total. The van der Waals surface area contributed by atoms with Crippen LogP contribution in [0, 0.1) is 13.8 Å². The van der Waals surface area contributed by atoms with Crippen LogP contribution in [-0.2, 0) is 16.9 Å². The van der Waals surface area contributed by atoms with E-state index in [4.69, 9.17) is 14.2 Å². The topological polar surface area (TPSA) is 95.7 Å². The Morgan fingerprint density at radius 2 is 1.49 bits per heavy atom. The number of benzene rings is 3. The molecule has 0 aliphatic heterocycles. The molecule has 0 bridgehead atoms. The number of fused-ring (bicyclic) bond motifs is 3. The smallest absolute Gasteiger partial charge is 0.271 e. The summed E-state index contributed by atoms with van der Waals surface area (Å²) >= 11 is 1.36. The lowest BCUT2D eigenvalue weighted by atomic mass is 9.80. The van der Waals surface area contributed by atoms with E-state index in [-0.39, 0.29) is 18.7 Å². The number of thiophene rings is 1. The first kappa shape index (κ1) is 30.5. The summed E-state index contributed by atoms with van der Waals surface area (Å²) in [6, 6.07) is 27.5. The number of hydrogen-bond acceptors (Lipinski definition) is 8. The summed E-state index contributed by atoms with van der Waals surface area (Å²) in [5.74, 6) is 1.46. The minimum Gasteiger partial charge on any atom is -0.497 e. The first-order valence-electron chi connectivity index (χ1n) is 14.8. The standard InChI is InChI=1S/C36H35N3O5S/c1-23-20-24(2)38-34-31(23)32-33(45-34)35(41)39(22-37-32)19-18-28(40)21-44-36(25-8-6-5-7-9-25,26-10-14-29(42-3)15-11-26)27-12-16-30(43-4)17-13-27/h5-17,20,22,28,40H,18-19,21H2,1-4H3. The van der Waals surface area contributed by atoms with Crippen LogP contribution in [0.15, 0.2) is 96.1 Å². The number of aromatic nitrogens is 3. The van der Waals surface area contributed by atoms with Crippen LogP contribution in [0.4, 0.5) is 0 Å². The molecule has 45 heavy (non-hydrogen) atoms. The van der Waals surface area contributed by atoms with Gasteiger partial charge in [-0.05, 0) is 72.9 Å². The average Bonchev–Trinajstić information content (AvgIpc) is 3.45. The molecule has 1 atom stereocenters. The summed E-state index contributed by atoms with van der Waals surface area (Å²) in [6.45, 7) is 4.26. The Hall–Kier alpha value is -4.57. The van der Waals surface area contributed by atoms with E-state index < -0.39 is 11.7 Å². The van der Waals surface area contributed by atoms with Crippen LogP contribution in [0.25, 0.3) is 20.4 Å². The van der Waals surface area contributed by atoms with Crippen molar-refractivity contribution >= 4 is 31.8 Å². The lowest BCUT2D eigenvalue weighted by Crippen LogP contribution is -2.36. The van der Waals surface area contributed by atoms with Gasteiger partial charge in [-0.3, -0.25) is 9.36 Å². The largest absolute Gasteiger partial charge is 0.497 e. The van der Waals surface area contributed by atoms with E-state index >= 15 is 0 Å². The van der Waals surface area contributed by atoms with Crippen LogP contribution in [0.1, 0.15) is 34.4 Å². The fourth-order valence-corrected chi connectivity index (χ4v) is 7.03. The lowest BCUT2D eigenvalue weighted by molar-refractivity contribution is -0.0410. The minimum absolute atomic E-state index is 0.0165. The van der Waals surface area contributed by atoms with Gasteiger partial charge in [0.05, 0.1) is 38.8 Å². The molecule has 3 aromatic carbocycles. The molecule has 1 N–H and O–H groups in total. The number of ether oxygens (including phenoxy) is 3. The molecule has 0 spiro atoms. The molecule has 0 saturated carbocycles. The van der Waals surface area contributed by atoms with E-state index in [1.54, 1.807) is 25.1 Å². The molecule has 1 unspecified atom stereocenters. The van der Waals surface area contributed by atoms with Crippen LogP contribution in [0.3, 0.4) is 0 Å².